The lowest BCUT2D eigenvalue weighted by atomic mass is 9.95. The summed E-state index contributed by atoms with van der Waals surface area (Å²) < 4.78 is 5.35. The number of hydrogen-bond acceptors (Lipinski definition) is 3. The summed E-state index contributed by atoms with van der Waals surface area (Å²) in [4.78, 5) is 15.8. The van der Waals surface area contributed by atoms with E-state index in [1.165, 1.54) is 5.56 Å². The van der Waals surface area contributed by atoms with Crippen LogP contribution in [0.15, 0.2) is 48.5 Å². The number of fused-ring (bicyclic) bond motifs is 3. The molecule has 4 rings (SSSR count). The van der Waals surface area contributed by atoms with E-state index in [0.29, 0.717) is 5.69 Å². The Hall–Kier alpha value is -2.79. The van der Waals surface area contributed by atoms with Gasteiger partial charge >= 0.3 is 0 Å². The van der Waals surface area contributed by atoms with E-state index in [4.69, 9.17) is 4.74 Å². The lowest BCUT2D eigenvalue weighted by molar-refractivity contribution is 0.0918. The number of rotatable bonds is 8. The Morgan fingerprint density at radius 3 is 2.82 bits per heavy atom. The van der Waals surface area contributed by atoms with Crippen molar-refractivity contribution in [1.82, 2.24) is 15.6 Å². The van der Waals surface area contributed by atoms with Crippen molar-refractivity contribution in [3.05, 3.63) is 65.4 Å². The van der Waals surface area contributed by atoms with Gasteiger partial charge < -0.3 is 20.4 Å². The van der Waals surface area contributed by atoms with Crippen LogP contribution in [-0.2, 0) is 12.8 Å². The Labute approximate surface area is 165 Å². The van der Waals surface area contributed by atoms with Crippen LogP contribution in [0.2, 0.25) is 0 Å². The molecule has 1 amide bonds. The highest BCUT2D eigenvalue weighted by atomic mass is 16.5. The first kappa shape index (κ1) is 18.6. The first-order valence-corrected chi connectivity index (χ1v) is 9.98. The van der Waals surface area contributed by atoms with E-state index < -0.39 is 0 Å². The molecular formula is C23H27N3O2. The van der Waals surface area contributed by atoms with E-state index in [0.717, 1.165) is 61.0 Å². The van der Waals surface area contributed by atoms with E-state index in [1.807, 2.05) is 24.3 Å². The summed E-state index contributed by atoms with van der Waals surface area (Å²) in [6, 6.07) is 16.6. The molecule has 3 N–H and O–H groups in total. The normalized spacial score (nSPS) is 16.0. The topological polar surface area (TPSA) is 66.2 Å². The fraction of sp³-hybridized carbons (Fsp3) is 0.348. The molecule has 0 saturated heterocycles. The van der Waals surface area contributed by atoms with Gasteiger partial charge in [0.25, 0.3) is 5.91 Å². The number of carbonyl (C=O) groups excluding carboxylic acids is 1. The fourth-order valence-corrected chi connectivity index (χ4v) is 3.96. The fourth-order valence-electron chi connectivity index (χ4n) is 3.96. The molecule has 1 aliphatic rings. The second-order valence-corrected chi connectivity index (χ2v) is 7.39. The third-order valence-electron chi connectivity index (χ3n) is 5.47. The largest absolute Gasteiger partial charge is 0.497 e. The molecule has 0 radical (unpaired) electrons. The van der Waals surface area contributed by atoms with Gasteiger partial charge in [0.1, 0.15) is 11.4 Å². The van der Waals surface area contributed by atoms with Crippen LogP contribution in [0.5, 0.6) is 5.75 Å². The second-order valence-electron chi connectivity index (χ2n) is 7.39. The van der Waals surface area contributed by atoms with Crippen LogP contribution in [0.1, 0.15) is 34.5 Å². The summed E-state index contributed by atoms with van der Waals surface area (Å²) in [7, 11) is 1.67. The summed E-state index contributed by atoms with van der Waals surface area (Å²) in [5.41, 5.74) is 4.15. The monoisotopic (exact) mass is 377 g/mol. The molecule has 0 aliphatic carbocycles. The minimum Gasteiger partial charge on any atom is -0.497 e. The molecule has 28 heavy (non-hydrogen) atoms. The summed E-state index contributed by atoms with van der Waals surface area (Å²) in [6.07, 6.45) is 3.92. The predicted molar refractivity (Wildman–Crippen MR) is 112 cm³/mol. The Kier molecular flexibility index (Phi) is 5.63. The first-order chi connectivity index (χ1) is 13.7. The minimum atomic E-state index is -0.00143. The van der Waals surface area contributed by atoms with Gasteiger partial charge in [0.2, 0.25) is 0 Å². The molecule has 0 fully saturated rings. The third-order valence-corrected chi connectivity index (χ3v) is 5.47. The highest BCUT2D eigenvalue weighted by Gasteiger charge is 2.27. The Bertz CT molecular complexity index is 949. The molecule has 0 bridgehead atoms. The van der Waals surface area contributed by atoms with Gasteiger partial charge in [0.15, 0.2) is 0 Å². The van der Waals surface area contributed by atoms with Crippen molar-refractivity contribution in [1.29, 1.82) is 0 Å². The number of hydrogen-bond donors (Lipinski definition) is 3. The summed E-state index contributed by atoms with van der Waals surface area (Å²) >= 11 is 0. The molecule has 146 valence electrons. The zero-order valence-electron chi connectivity index (χ0n) is 16.3. The average Bonchev–Trinajstić information content (AvgIpc) is 3.10. The molecule has 1 unspecified atom stereocenters. The van der Waals surface area contributed by atoms with Gasteiger partial charge in [-0.25, -0.2) is 0 Å². The summed E-state index contributed by atoms with van der Waals surface area (Å²) in [6.45, 7) is 1.95. The minimum absolute atomic E-state index is 0.00143. The van der Waals surface area contributed by atoms with Gasteiger partial charge in [0, 0.05) is 16.9 Å². The zero-order chi connectivity index (χ0) is 19.3. The Morgan fingerprint density at radius 2 is 2.00 bits per heavy atom. The van der Waals surface area contributed by atoms with Crippen LogP contribution >= 0.6 is 0 Å². The maximum Gasteiger partial charge on any atom is 0.268 e. The first-order valence-electron chi connectivity index (χ1n) is 9.98. The van der Waals surface area contributed by atoms with Crippen LogP contribution in [0, 0.1) is 0 Å². The van der Waals surface area contributed by atoms with Crippen LogP contribution in [0.25, 0.3) is 10.9 Å². The maximum absolute atomic E-state index is 12.5. The molecule has 2 aromatic carbocycles. The van der Waals surface area contributed by atoms with Crippen molar-refractivity contribution < 1.29 is 9.53 Å². The predicted octanol–water partition coefficient (Wildman–Crippen LogP) is 3.44. The van der Waals surface area contributed by atoms with Gasteiger partial charge in [-0.2, -0.15) is 0 Å². The average molecular weight is 377 g/mol. The number of ether oxygens (including phenoxy) is 1. The molecule has 1 aromatic heterocycles. The van der Waals surface area contributed by atoms with Crippen molar-refractivity contribution >= 4 is 16.8 Å². The molecule has 1 aliphatic heterocycles. The molecule has 0 spiro atoms. The maximum atomic E-state index is 12.5. The van der Waals surface area contributed by atoms with Crippen LogP contribution in [-0.4, -0.2) is 37.1 Å². The van der Waals surface area contributed by atoms with Crippen LogP contribution in [0.3, 0.4) is 0 Å². The number of carbonyl (C=O) groups is 1. The highest BCUT2D eigenvalue weighted by molar-refractivity contribution is 6.02. The molecular weight excluding hydrogens is 350 g/mol. The Morgan fingerprint density at radius 1 is 1.14 bits per heavy atom. The number of H-pyrrole nitrogens is 1. The highest BCUT2D eigenvalue weighted by Crippen LogP contribution is 2.30. The lowest BCUT2D eigenvalue weighted by Crippen LogP contribution is -2.41. The second kappa shape index (κ2) is 8.48. The number of amides is 1. The number of nitrogens with one attached hydrogen (secondary N) is 3. The van der Waals surface area contributed by atoms with Gasteiger partial charge in [-0.05, 0) is 68.1 Å². The van der Waals surface area contributed by atoms with Crippen LogP contribution < -0.4 is 15.4 Å². The number of methoxy groups -OCH3 is 1. The van der Waals surface area contributed by atoms with Crippen molar-refractivity contribution in [2.75, 3.05) is 20.2 Å². The van der Waals surface area contributed by atoms with E-state index >= 15 is 0 Å². The third kappa shape index (κ3) is 4.04. The number of aromatic nitrogens is 1. The van der Waals surface area contributed by atoms with Crippen LogP contribution in [0.4, 0.5) is 0 Å². The van der Waals surface area contributed by atoms with Gasteiger partial charge in [0.05, 0.1) is 7.11 Å². The summed E-state index contributed by atoms with van der Waals surface area (Å²) in [5.74, 6) is 0.818. The Balaban J connectivity index is 1.30. The SMILES string of the molecule is COc1ccc2[nH]c3c(c2c1)CC(CCCNCCc1ccccc1)NC3=O. The molecule has 2 heterocycles. The van der Waals surface area contributed by atoms with Crippen molar-refractivity contribution in [3.63, 3.8) is 0 Å². The van der Waals surface area contributed by atoms with E-state index in [1.54, 1.807) is 7.11 Å². The van der Waals surface area contributed by atoms with E-state index in [2.05, 4.69) is 39.9 Å². The number of benzene rings is 2. The van der Waals surface area contributed by atoms with E-state index in [-0.39, 0.29) is 11.9 Å². The lowest BCUT2D eigenvalue weighted by Gasteiger charge is -2.24. The molecule has 5 nitrogen and oxygen atoms in total. The van der Waals surface area contributed by atoms with Gasteiger partial charge in [-0.1, -0.05) is 30.3 Å². The molecule has 1 atom stereocenters. The molecule has 5 heteroatoms. The van der Waals surface area contributed by atoms with Crippen molar-refractivity contribution in [2.45, 2.75) is 31.7 Å². The summed E-state index contributed by atoms with van der Waals surface area (Å²) in [5, 5.41) is 7.75. The molecule has 0 saturated carbocycles. The number of aromatic amines is 1. The van der Waals surface area contributed by atoms with Gasteiger partial charge in [-0.3, -0.25) is 4.79 Å². The molecule has 3 aromatic rings. The van der Waals surface area contributed by atoms with Gasteiger partial charge in [-0.15, -0.1) is 0 Å². The van der Waals surface area contributed by atoms with E-state index in [9.17, 15) is 4.79 Å². The smallest absolute Gasteiger partial charge is 0.268 e. The van der Waals surface area contributed by atoms with Crippen molar-refractivity contribution in [3.8, 4) is 5.75 Å². The quantitative estimate of drug-likeness (QED) is 0.527. The van der Waals surface area contributed by atoms with Crippen molar-refractivity contribution in [2.24, 2.45) is 0 Å². The zero-order valence-corrected chi connectivity index (χ0v) is 16.3. The standard InChI is InChI=1S/C23H27N3O2/c1-28-18-9-10-21-19(15-18)20-14-17(25-23(27)22(20)26-21)8-5-12-24-13-11-16-6-3-2-4-7-16/h2-4,6-7,9-10,15,17,24,26H,5,8,11-14H2,1H3,(H,25,27).